The van der Waals surface area contributed by atoms with E-state index in [9.17, 15) is 9.90 Å². The summed E-state index contributed by atoms with van der Waals surface area (Å²) >= 11 is 0. The maximum absolute atomic E-state index is 11.1. The molecule has 0 amide bonds. The van der Waals surface area contributed by atoms with E-state index in [4.69, 9.17) is 11.0 Å². The van der Waals surface area contributed by atoms with Gasteiger partial charge in [-0.3, -0.25) is 4.79 Å². The van der Waals surface area contributed by atoms with E-state index in [1.165, 1.54) is 19.2 Å². The van der Waals surface area contributed by atoms with Crippen molar-refractivity contribution in [3.8, 4) is 11.8 Å². The average Bonchev–Trinajstić information content (AvgIpc) is 2.28. The smallest absolute Gasteiger partial charge is 0.322 e. The minimum atomic E-state index is -0.766. The fourth-order valence-corrected chi connectivity index (χ4v) is 1.29. The number of hydrogen-bond donors (Lipinski definition) is 2. The average molecular weight is 220 g/mol. The molecule has 0 radical (unpaired) electrons. The fraction of sp³-hybridized carbons (Fsp3) is 0.273. The zero-order valence-electron chi connectivity index (χ0n) is 8.80. The Labute approximate surface area is 93.1 Å². The molecule has 0 saturated carbocycles. The van der Waals surface area contributed by atoms with Crippen LogP contribution in [0.3, 0.4) is 0 Å². The van der Waals surface area contributed by atoms with Crippen molar-refractivity contribution < 1.29 is 14.6 Å². The number of rotatable bonds is 3. The molecule has 0 bridgehead atoms. The maximum Gasteiger partial charge on any atom is 0.322 e. The topological polar surface area (TPSA) is 96.3 Å². The number of nitrogens with two attached hydrogens (primary N) is 1. The summed E-state index contributed by atoms with van der Waals surface area (Å²) < 4.78 is 4.48. The number of nitrogens with zero attached hydrogens (tertiary/aromatic N) is 1. The van der Waals surface area contributed by atoms with Gasteiger partial charge in [0.05, 0.1) is 12.7 Å². The van der Waals surface area contributed by atoms with Crippen LogP contribution in [0.15, 0.2) is 18.2 Å². The summed E-state index contributed by atoms with van der Waals surface area (Å²) in [7, 11) is 1.26. The lowest BCUT2D eigenvalue weighted by molar-refractivity contribution is -0.142. The van der Waals surface area contributed by atoms with E-state index < -0.39 is 12.0 Å². The molecule has 3 N–H and O–H groups in total. The first-order chi connectivity index (χ1) is 7.58. The van der Waals surface area contributed by atoms with Crippen LogP contribution >= 0.6 is 0 Å². The van der Waals surface area contributed by atoms with E-state index in [1.807, 2.05) is 6.07 Å². The van der Waals surface area contributed by atoms with Crippen molar-refractivity contribution in [3.05, 3.63) is 29.3 Å². The molecule has 1 atom stereocenters. The molecule has 84 valence electrons. The molecule has 1 rings (SSSR count). The molecule has 0 aliphatic rings. The Morgan fingerprint density at radius 3 is 2.88 bits per heavy atom. The second-order valence-electron chi connectivity index (χ2n) is 3.30. The van der Waals surface area contributed by atoms with E-state index in [0.717, 1.165) is 0 Å². The lowest BCUT2D eigenvalue weighted by Crippen LogP contribution is -2.33. The molecular formula is C11H12N2O3. The summed E-state index contributed by atoms with van der Waals surface area (Å²) in [5.41, 5.74) is 6.42. The van der Waals surface area contributed by atoms with Crippen molar-refractivity contribution >= 4 is 5.97 Å². The number of benzene rings is 1. The van der Waals surface area contributed by atoms with Gasteiger partial charge in [0.1, 0.15) is 17.9 Å². The SMILES string of the molecule is COC(=O)[C@@H](N)Cc1ccc(C#N)c(O)c1. The number of hydrogen-bond acceptors (Lipinski definition) is 5. The fourth-order valence-electron chi connectivity index (χ4n) is 1.29. The van der Waals surface area contributed by atoms with Gasteiger partial charge in [0.2, 0.25) is 0 Å². The summed E-state index contributed by atoms with van der Waals surface area (Å²) in [6.45, 7) is 0. The third-order valence-corrected chi connectivity index (χ3v) is 2.14. The Kier molecular flexibility index (Phi) is 3.86. The number of carbonyl (C=O) groups is 1. The van der Waals surface area contributed by atoms with Crippen molar-refractivity contribution in [2.24, 2.45) is 5.73 Å². The van der Waals surface area contributed by atoms with E-state index in [-0.39, 0.29) is 17.7 Å². The molecule has 5 nitrogen and oxygen atoms in total. The Bertz CT molecular complexity index is 437. The maximum atomic E-state index is 11.1. The minimum absolute atomic E-state index is 0.114. The first-order valence-electron chi connectivity index (χ1n) is 4.64. The summed E-state index contributed by atoms with van der Waals surface area (Å²) in [4.78, 5) is 11.1. The second kappa shape index (κ2) is 5.14. The standard InChI is InChI=1S/C11H12N2O3/c1-16-11(15)9(13)4-7-2-3-8(6-12)10(14)5-7/h2-3,5,9,14H,4,13H2,1H3/t9-/m0/s1. The van der Waals surface area contributed by atoms with Crippen LogP contribution < -0.4 is 5.73 Å². The van der Waals surface area contributed by atoms with Gasteiger partial charge >= 0.3 is 5.97 Å². The second-order valence-corrected chi connectivity index (χ2v) is 3.30. The Hall–Kier alpha value is -2.06. The van der Waals surface area contributed by atoms with Crippen LogP contribution in [0.5, 0.6) is 5.75 Å². The summed E-state index contributed by atoms with van der Waals surface area (Å²) in [5, 5.41) is 18.0. The summed E-state index contributed by atoms with van der Waals surface area (Å²) in [6, 6.07) is 5.61. The van der Waals surface area contributed by atoms with Crippen LogP contribution in [0.25, 0.3) is 0 Å². The van der Waals surface area contributed by atoms with Gasteiger partial charge in [0.15, 0.2) is 0 Å². The highest BCUT2D eigenvalue weighted by Crippen LogP contribution is 2.18. The number of nitriles is 1. The quantitative estimate of drug-likeness (QED) is 0.714. The van der Waals surface area contributed by atoms with Crippen LogP contribution in [0, 0.1) is 11.3 Å². The molecule has 0 aliphatic heterocycles. The normalized spacial score (nSPS) is 11.6. The van der Waals surface area contributed by atoms with Gasteiger partial charge in [-0.2, -0.15) is 5.26 Å². The largest absolute Gasteiger partial charge is 0.507 e. The predicted octanol–water partition coefficient (Wildman–Crippen LogP) is 0.307. The van der Waals surface area contributed by atoms with E-state index >= 15 is 0 Å². The van der Waals surface area contributed by atoms with Crippen LogP contribution in [-0.4, -0.2) is 24.2 Å². The molecule has 0 saturated heterocycles. The first kappa shape index (κ1) is 12.0. The van der Waals surface area contributed by atoms with Gasteiger partial charge in [-0.05, 0) is 24.1 Å². The zero-order valence-corrected chi connectivity index (χ0v) is 8.80. The highest BCUT2D eigenvalue weighted by atomic mass is 16.5. The van der Waals surface area contributed by atoms with Gasteiger partial charge in [0.25, 0.3) is 0 Å². The predicted molar refractivity (Wildman–Crippen MR) is 56.5 cm³/mol. The van der Waals surface area contributed by atoms with Gasteiger partial charge < -0.3 is 15.6 Å². The zero-order chi connectivity index (χ0) is 12.1. The van der Waals surface area contributed by atoms with Crippen LogP contribution in [0.1, 0.15) is 11.1 Å². The van der Waals surface area contributed by atoms with Crippen LogP contribution in [0.4, 0.5) is 0 Å². The molecule has 0 spiro atoms. The molecule has 0 aliphatic carbocycles. The first-order valence-corrected chi connectivity index (χ1v) is 4.64. The number of phenolic OH excluding ortho intramolecular Hbond substituents is 1. The highest BCUT2D eigenvalue weighted by Gasteiger charge is 2.14. The third-order valence-electron chi connectivity index (χ3n) is 2.14. The van der Waals surface area contributed by atoms with Gasteiger partial charge in [-0.1, -0.05) is 6.07 Å². The molecule has 16 heavy (non-hydrogen) atoms. The number of aromatic hydroxyl groups is 1. The lowest BCUT2D eigenvalue weighted by Gasteiger charge is -2.09. The molecule has 5 heteroatoms. The molecule has 1 aromatic carbocycles. The molecule has 1 aromatic rings. The summed E-state index contributed by atoms with van der Waals surface area (Å²) in [5.74, 6) is -0.624. The summed E-state index contributed by atoms with van der Waals surface area (Å²) in [6.07, 6.45) is 0.256. The number of ether oxygens (including phenoxy) is 1. The van der Waals surface area contributed by atoms with Gasteiger partial charge in [-0.25, -0.2) is 0 Å². The monoisotopic (exact) mass is 220 g/mol. The van der Waals surface area contributed by atoms with E-state index in [2.05, 4.69) is 4.74 Å². The lowest BCUT2D eigenvalue weighted by atomic mass is 10.0. The molecule has 0 aromatic heterocycles. The highest BCUT2D eigenvalue weighted by molar-refractivity contribution is 5.75. The van der Waals surface area contributed by atoms with Crippen LogP contribution in [-0.2, 0) is 16.0 Å². The van der Waals surface area contributed by atoms with E-state index in [1.54, 1.807) is 6.07 Å². The number of carbonyl (C=O) groups excluding carboxylic acids is 1. The third kappa shape index (κ3) is 2.72. The molecular weight excluding hydrogens is 208 g/mol. The van der Waals surface area contributed by atoms with Crippen LogP contribution in [0.2, 0.25) is 0 Å². The van der Waals surface area contributed by atoms with Gasteiger partial charge in [-0.15, -0.1) is 0 Å². The van der Waals surface area contributed by atoms with Crippen molar-refractivity contribution in [2.45, 2.75) is 12.5 Å². The Balaban J connectivity index is 2.80. The Morgan fingerprint density at radius 2 is 2.38 bits per heavy atom. The molecule has 0 unspecified atom stereocenters. The van der Waals surface area contributed by atoms with Crippen molar-refractivity contribution in [2.75, 3.05) is 7.11 Å². The number of methoxy groups -OCH3 is 1. The van der Waals surface area contributed by atoms with Crippen molar-refractivity contribution in [1.82, 2.24) is 0 Å². The number of phenols is 1. The molecule has 0 heterocycles. The Morgan fingerprint density at radius 1 is 1.69 bits per heavy atom. The van der Waals surface area contributed by atoms with E-state index in [0.29, 0.717) is 5.56 Å². The minimum Gasteiger partial charge on any atom is -0.507 e. The molecule has 0 fully saturated rings. The van der Waals surface area contributed by atoms with Gasteiger partial charge in [0, 0.05) is 0 Å². The van der Waals surface area contributed by atoms with Crippen molar-refractivity contribution in [1.29, 1.82) is 5.26 Å². The van der Waals surface area contributed by atoms with Crippen molar-refractivity contribution in [3.63, 3.8) is 0 Å². The number of esters is 1.